The van der Waals surface area contributed by atoms with Gasteiger partial charge in [-0.25, -0.2) is 4.79 Å². The Morgan fingerprint density at radius 2 is 1.71 bits per heavy atom. The standard InChI is InChI=1S/C26H36N2O3/c1-7-27(22-15-13-21(14-16-22)17-20-11-9-8-10-12-20)18-23-19-30-26(5,6)28(23)24(29)31-25(2,3)4/h8-16,23H,7,17-19H2,1-6H3/t23-/m0/s1. The summed E-state index contributed by atoms with van der Waals surface area (Å²) < 4.78 is 11.6. The quantitative estimate of drug-likeness (QED) is 0.616. The number of ether oxygens (including phenoxy) is 2. The van der Waals surface area contributed by atoms with Crippen molar-refractivity contribution in [2.45, 2.75) is 65.3 Å². The third-order valence-electron chi connectivity index (χ3n) is 5.53. The van der Waals surface area contributed by atoms with Gasteiger partial charge in [0.2, 0.25) is 0 Å². The van der Waals surface area contributed by atoms with Crippen LogP contribution in [0.15, 0.2) is 54.6 Å². The summed E-state index contributed by atoms with van der Waals surface area (Å²) in [6.07, 6.45) is 0.596. The molecule has 1 fully saturated rings. The normalized spacial score (nSPS) is 18.1. The van der Waals surface area contributed by atoms with Crippen LogP contribution in [0.25, 0.3) is 0 Å². The van der Waals surface area contributed by atoms with Gasteiger partial charge in [0.15, 0.2) is 0 Å². The Kier molecular flexibility index (Phi) is 6.95. The predicted octanol–water partition coefficient (Wildman–Crippen LogP) is 5.48. The molecule has 5 heteroatoms. The number of carbonyl (C=O) groups excluding carboxylic acids is 1. The molecule has 0 radical (unpaired) electrons. The Hall–Kier alpha value is -2.53. The highest BCUT2D eigenvalue weighted by atomic mass is 16.6. The molecular weight excluding hydrogens is 388 g/mol. The van der Waals surface area contributed by atoms with Crippen molar-refractivity contribution in [1.29, 1.82) is 0 Å². The maximum atomic E-state index is 12.9. The number of benzene rings is 2. The zero-order valence-electron chi connectivity index (χ0n) is 19.7. The Morgan fingerprint density at radius 1 is 1.10 bits per heavy atom. The van der Waals surface area contributed by atoms with E-state index in [9.17, 15) is 4.79 Å². The molecule has 0 bridgehead atoms. The zero-order valence-corrected chi connectivity index (χ0v) is 19.7. The monoisotopic (exact) mass is 424 g/mol. The van der Waals surface area contributed by atoms with E-state index in [4.69, 9.17) is 9.47 Å². The van der Waals surface area contributed by atoms with Gasteiger partial charge in [0.05, 0.1) is 12.6 Å². The smallest absolute Gasteiger partial charge is 0.412 e. The Labute approximate surface area is 187 Å². The highest BCUT2D eigenvalue weighted by molar-refractivity contribution is 5.70. The number of nitrogens with zero attached hydrogens (tertiary/aromatic N) is 2. The average Bonchev–Trinajstić information content (AvgIpc) is 3.00. The molecular formula is C26H36N2O3. The summed E-state index contributed by atoms with van der Waals surface area (Å²) in [6, 6.07) is 19.1. The number of rotatable bonds is 6. The van der Waals surface area contributed by atoms with Crippen molar-refractivity contribution in [2.24, 2.45) is 0 Å². The largest absolute Gasteiger partial charge is 0.444 e. The molecule has 5 nitrogen and oxygen atoms in total. The van der Waals surface area contributed by atoms with Gasteiger partial charge in [-0.05, 0) is 71.2 Å². The van der Waals surface area contributed by atoms with E-state index in [0.29, 0.717) is 13.2 Å². The molecule has 2 aromatic carbocycles. The van der Waals surface area contributed by atoms with Gasteiger partial charge < -0.3 is 14.4 Å². The molecule has 0 saturated carbocycles. The average molecular weight is 425 g/mol. The van der Waals surface area contributed by atoms with Crippen molar-refractivity contribution in [3.63, 3.8) is 0 Å². The lowest BCUT2D eigenvalue weighted by Crippen LogP contribution is -2.53. The van der Waals surface area contributed by atoms with E-state index in [2.05, 4.69) is 60.4 Å². The molecule has 0 aliphatic carbocycles. The molecule has 0 spiro atoms. The second-order valence-electron chi connectivity index (χ2n) is 9.63. The summed E-state index contributed by atoms with van der Waals surface area (Å²) in [6.45, 7) is 13.7. The maximum Gasteiger partial charge on any atom is 0.412 e. The van der Waals surface area contributed by atoms with Crippen molar-refractivity contribution in [3.8, 4) is 0 Å². The van der Waals surface area contributed by atoms with E-state index < -0.39 is 11.3 Å². The van der Waals surface area contributed by atoms with Crippen LogP contribution in [0.1, 0.15) is 52.7 Å². The number of hydrogen-bond acceptors (Lipinski definition) is 4. The Balaban J connectivity index is 1.71. The summed E-state index contributed by atoms with van der Waals surface area (Å²) in [4.78, 5) is 17.0. The van der Waals surface area contributed by atoms with E-state index in [1.807, 2.05) is 40.7 Å². The minimum absolute atomic E-state index is 0.0752. The van der Waals surface area contributed by atoms with Gasteiger partial charge in [0, 0.05) is 18.8 Å². The summed E-state index contributed by atoms with van der Waals surface area (Å²) >= 11 is 0. The highest BCUT2D eigenvalue weighted by Gasteiger charge is 2.46. The van der Waals surface area contributed by atoms with Gasteiger partial charge in [-0.1, -0.05) is 42.5 Å². The van der Waals surface area contributed by atoms with Crippen molar-refractivity contribution in [2.75, 3.05) is 24.6 Å². The lowest BCUT2D eigenvalue weighted by molar-refractivity contribution is -0.0621. The fraction of sp³-hybridized carbons (Fsp3) is 0.500. The molecule has 1 aliphatic rings. The van der Waals surface area contributed by atoms with Crippen LogP contribution in [0.2, 0.25) is 0 Å². The minimum atomic E-state index is -0.689. The fourth-order valence-corrected chi connectivity index (χ4v) is 4.03. The molecule has 0 N–H and O–H groups in total. The topological polar surface area (TPSA) is 42.0 Å². The Morgan fingerprint density at radius 3 is 2.29 bits per heavy atom. The minimum Gasteiger partial charge on any atom is -0.444 e. The van der Waals surface area contributed by atoms with Crippen molar-refractivity contribution < 1.29 is 14.3 Å². The summed E-state index contributed by atoms with van der Waals surface area (Å²) in [5, 5.41) is 0. The first-order valence-electron chi connectivity index (χ1n) is 11.1. The van der Waals surface area contributed by atoms with E-state index >= 15 is 0 Å². The van der Waals surface area contributed by atoms with Crippen LogP contribution in [0.4, 0.5) is 10.5 Å². The molecule has 1 atom stereocenters. The zero-order chi connectivity index (χ0) is 22.6. The van der Waals surface area contributed by atoms with Crippen molar-refractivity contribution in [1.82, 2.24) is 4.90 Å². The SMILES string of the molecule is CCN(C[C@H]1COC(C)(C)N1C(=O)OC(C)(C)C)c1ccc(Cc2ccccc2)cc1. The van der Waals surface area contributed by atoms with Gasteiger partial charge in [0.25, 0.3) is 0 Å². The molecule has 0 unspecified atom stereocenters. The number of hydrogen-bond donors (Lipinski definition) is 0. The molecule has 1 heterocycles. The van der Waals surface area contributed by atoms with Gasteiger partial charge in [-0.3, -0.25) is 4.90 Å². The summed E-state index contributed by atoms with van der Waals surface area (Å²) in [5.74, 6) is 0. The van der Waals surface area contributed by atoms with Crippen molar-refractivity contribution in [3.05, 3.63) is 65.7 Å². The molecule has 31 heavy (non-hydrogen) atoms. The van der Waals surface area contributed by atoms with Gasteiger partial charge >= 0.3 is 6.09 Å². The van der Waals surface area contributed by atoms with Crippen molar-refractivity contribution >= 4 is 11.8 Å². The first-order chi connectivity index (χ1) is 14.6. The highest BCUT2D eigenvalue weighted by Crippen LogP contribution is 2.31. The molecule has 2 aromatic rings. The summed E-state index contributed by atoms with van der Waals surface area (Å²) in [5.41, 5.74) is 2.51. The first-order valence-corrected chi connectivity index (χ1v) is 11.1. The number of likely N-dealkylation sites (N-methyl/N-ethyl adjacent to an activating group) is 1. The van der Waals surface area contributed by atoms with E-state index in [-0.39, 0.29) is 12.1 Å². The molecule has 3 rings (SSSR count). The van der Waals surface area contributed by atoms with Crippen LogP contribution >= 0.6 is 0 Å². The molecule has 168 valence electrons. The summed E-state index contributed by atoms with van der Waals surface area (Å²) in [7, 11) is 0. The second-order valence-corrected chi connectivity index (χ2v) is 9.63. The van der Waals surface area contributed by atoms with Crippen LogP contribution < -0.4 is 4.90 Å². The van der Waals surface area contributed by atoms with E-state index in [1.165, 1.54) is 11.1 Å². The first kappa shape index (κ1) is 23.1. The molecule has 1 aliphatic heterocycles. The predicted molar refractivity (Wildman–Crippen MR) is 125 cm³/mol. The third kappa shape index (κ3) is 6.01. The van der Waals surface area contributed by atoms with Crippen LogP contribution in [0.5, 0.6) is 0 Å². The second kappa shape index (κ2) is 9.31. The van der Waals surface area contributed by atoms with Crippen LogP contribution in [0.3, 0.4) is 0 Å². The fourth-order valence-electron chi connectivity index (χ4n) is 4.03. The van der Waals surface area contributed by atoms with Crippen LogP contribution in [-0.4, -0.2) is 48.1 Å². The molecule has 1 saturated heterocycles. The lowest BCUT2D eigenvalue weighted by Gasteiger charge is -2.37. The van der Waals surface area contributed by atoms with E-state index in [1.54, 1.807) is 4.90 Å². The Bertz CT molecular complexity index is 856. The number of amides is 1. The van der Waals surface area contributed by atoms with Gasteiger partial charge in [-0.2, -0.15) is 0 Å². The third-order valence-corrected chi connectivity index (χ3v) is 5.53. The lowest BCUT2D eigenvalue weighted by atomic mass is 10.0. The van der Waals surface area contributed by atoms with Crippen LogP contribution in [0, 0.1) is 0 Å². The maximum absolute atomic E-state index is 12.9. The van der Waals surface area contributed by atoms with Gasteiger partial charge in [-0.15, -0.1) is 0 Å². The molecule has 0 aromatic heterocycles. The van der Waals surface area contributed by atoms with E-state index in [0.717, 1.165) is 18.7 Å². The number of carbonyl (C=O) groups is 1. The molecule has 1 amide bonds. The number of anilines is 1. The van der Waals surface area contributed by atoms with Gasteiger partial charge in [0.1, 0.15) is 11.3 Å². The van der Waals surface area contributed by atoms with Crippen LogP contribution in [-0.2, 0) is 15.9 Å².